The van der Waals surface area contributed by atoms with Crippen molar-refractivity contribution in [3.05, 3.63) is 92.9 Å². The van der Waals surface area contributed by atoms with Crippen LogP contribution < -0.4 is 11.2 Å². The molecule has 0 saturated carbocycles. The number of H-pyrrole nitrogens is 1. The second-order valence-corrected chi connectivity index (χ2v) is 8.90. The third kappa shape index (κ3) is 3.80. The van der Waals surface area contributed by atoms with Gasteiger partial charge in [0.25, 0.3) is 5.56 Å². The lowest BCUT2D eigenvalue weighted by Gasteiger charge is -2.11. The summed E-state index contributed by atoms with van der Waals surface area (Å²) in [5.74, 6) is 1.82. The molecule has 6 rings (SSSR count). The Morgan fingerprint density at radius 3 is 2.66 bits per heavy atom. The van der Waals surface area contributed by atoms with E-state index in [9.17, 15) is 9.59 Å². The number of rotatable bonds is 6. The van der Waals surface area contributed by atoms with E-state index < -0.39 is 11.2 Å². The maximum absolute atomic E-state index is 13.0. The molecule has 0 spiro atoms. The Morgan fingerprint density at radius 2 is 1.91 bits per heavy atom. The molecule has 1 aromatic carbocycles. The number of aryl methyl sites for hydroxylation is 3. The highest BCUT2D eigenvalue weighted by atomic mass is 16.2. The second-order valence-electron chi connectivity index (χ2n) is 8.90. The molecule has 5 heterocycles. The Kier molecular flexibility index (Phi) is 5.20. The van der Waals surface area contributed by atoms with Gasteiger partial charge < -0.3 is 13.7 Å². The van der Waals surface area contributed by atoms with E-state index in [1.54, 1.807) is 12.5 Å². The lowest BCUT2D eigenvalue weighted by atomic mass is 10.2. The van der Waals surface area contributed by atoms with Gasteiger partial charge in [-0.1, -0.05) is 12.1 Å². The smallest absolute Gasteiger partial charge is 0.330 e. The molecule has 0 unspecified atom stereocenters. The van der Waals surface area contributed by atoms with Gasteiger partial charge in [0.15, 0.2) is 11.2 Å². The fraction of sp³-hybridized carbons (Fsp3) is 0.320. The minimum absolute atomic E-state index is 0.407. The summed E-state index contributed by atoms with van der Waals surface area (Å²) in [7, 11) is 0. The van der Waals surface area contributed by atoms with Gasteiger partial charge in [-0.3, -0.25) is 14.3 Å². The lowest BCUT2D eigenvalue weighted by Crippen LogP contribution is -2.30. The fourth-order valence-electron chi connectivity index (χ4n) is 4.90. The third-order valence-electron chi connectivity index (χ3n) is 6.66. The number of hydrogen-bond acceptors (Lipinski definition) is 5. The largest absolute Gasteiger partial charge is 0.335 e. The van der Waals surface area contributed by atoms with Gasteiger partial charge in [0.1, 0.15) is 11.6 Å². The lowest BCUT2D eigenvalue weighted by molar-refractivity contribution is 0.522. The molecule has 0 fully saturated rings. The molecule has 0 saturated heterocycles. The first-order valence-corrected chi connectivity index (χ1v) is 11.9. The van der Waals surface area contributed by atoms with Crippen molar-refractivity contribution in [2.75, 3.05) is 0 Å². The van der Waals surface area contributed by atoms with Crippen LogP contribution in [-0.4, -0.2) is 38.2 Å². The SMILES string of the molecule is CCn1c(=O)[nH]c(=O)c2c1nc(Cc1cn3c(n1)CCCC3)n2Cc1ccc(-n2ccnc2)cc1. The van der Waals surface area contributed by atoms with Crippen LogP contribution in [0, 0.1) is 0 Å². The minimum atomic E-state index is -0.441. The maximum Gasteiger partial charge on any atom is 0.330 e. The van der Waals surface area contributed by atoms with Crippen molar-refractivity contribution < 1.29 is 0 Å². The van der Waals surface area contributed by atoms with E-state index in [2.05, 4.69) is 20.7 Å². The van der Waals surface area contributed by atoms with Crippen LogP contribution in [0.25, 0.3) is 16.9 Å². The number of benzene rings is 1. The van der Waals surface area contributed by atoms with Crippen LogP contribution in [-0.2, 0) is 32.5 Å². The maximum atomic E-state index is 13.0. The van der Waals surface area contributed by atoms with Gasteiger partial charge in [0.05, 0.1) is 12.0 Å². The average molecular weight is 471 g/mol. The van der Waals surface area contributed by atoms with Gasteiger partial charge in [-0.05, 0) is 37.5 Å². The topological polar surface area (TPSA) is 108 Å². The number of hydrogen-bond donors (Lipinski definition) is 1. The van der Waals surface area contributed by atoms with E-state index >= 15 is 0 Å². The van der Waals surface area contributed by atoms with Crippen molar-refractivity contribution in [1.82, 2.24) is 38.2 Å². The van der Waals surface area contributed by atoms with Crippen LogP contribution >= 0.6 is 0 Å². The second kappa shape index (κ2) is 8.53. The van der Waals surface area contributed by atoms with Crippen molar-refractivity contribution in [2.24, 2.45) is 0 Å². The van der Waals surface area contributed by atoms with Crippen LogP contribution in [0.4, 0.5) is 0 Å². The Balaban J connectivity index is 1.44. The van der Waals surface area contributed by atoms with E-state index in [1.165, 1.54) is 4.57 Å². The van der Waals surface area contributed by atoms with Crippen LogP contribution in [0.5, 0.6) is 0 Å². The van der Waals surface area contributed by atoms with Gasteiger partial charge >= 0.3 is 5.69 Å². The number of nitrogens with zero attached hydrogens (tertiary/aromatic N) is 7. The summed E-state index contributed by atoms with van der Waals surface area (Å²) in [6, 6.07) is 8.10. The fourth-order valence-corrected chi connectivity index (χ4v) is 4.90. The highest BCUT2D eigenvalue weighted by molar-refractivity contribution is 5.71. The zero-order valence-electron chi connectivity index (χ0n) is 19.5. The van der Waals surface area contributed by atoms with Gasteiger partial charge in [-0.25, -0.2) is 19.7 Å². The molecule has 1 aliphatic rings. The average Bonchev–Trinajstić information content (AvgIpc) is 3.59. The molecule has 1 N–H and O–H groups in total. The van der Waals surface area contributed by atoms with Crippen LogP contribution in [0.1, 0.15) is 42.7 Å². The van der Waals surface area contributed by atoms with Crippen molar-refractivity contribution >= 4 is 11.2 Å². The number of aromatic amines is 1. The van der Waals surface area contributed by atoms with Crippen molar-refractivity contribution in [2.45, 2.75) is 52.2 Å². The Labute approximate surface area is 200 Å². The third-order valence-corrected chi connectivity index (χ3v) is 6.66. The first-order valence-electron chi connectivity index (χ1n) is 11.9. The highest BCUT2D eigenvalue weighted by Crippen LogP contribution is 2.20. The summed E-state index contributed by atoms with van der Waals surface area (Å²) < 4.78 is 7.59. The van der Waals surface area contributed by atoms with E-state index in [1.807, 2.05) is 46.5 Å². The van der Waals surface area contributed by atoms with Crippen molar-refractivity contribution in [3.8, 4) is 5.69 Å². The molecule has 0 radical (unpaired) electrons. The quantitative estimate of drug-likeness (QED) is 0.410. The molecule has 1 aliphatic heterocycles. The summed E-state index contributed by atoms with van der Waals surface area (Å²) in [6.07, 6.45) is 11.3. The number of imidazole rings is 3. The van der Waals surface area contributed by atoms with Crippen LogP contribution in [0.15, 0.2) is 58.8 Å². The van der Waals surface area contributed by atoms with E-state index in [-0.39, 0.29) is 0 Å². The molecule has 4 aromatic heterocycles. The van der Waals surface area contributed by atoms with Crippen molar-refractivity contribution in [3.63, 3.8) is 0 Å². The standard InChI is InChI=1S/C25H26N8O2/c1-2-32-23-22(24(34)29-25(32)35)33(14-17-6-8-19(9-7-17)31-12-10-26-16-31)21(28-23)13-18-15-30-11-4-3-5-20(30)27-18/h6-10,12,15-16H,2-5,11,13-14H2,1H3,(H,29,34,35). The molecule has 10 nitrogen and oxygen atoms in total. The first kappa shape index (κ1) is 21.3. The number of aromatic nitrogens is 8. The summed E-state index contributed by atoms with van der Waals surface area (Å²) in [5, 5.41) is 0. The molecular weight excluding hydrogens is 444 g/mol. The molecule has 0 bridgehead atoms. The number of fused-ring (bicyclic) bond motifs is 2. The molecule has 5 aromatic rings. The van der Waals surface area contributed by atoms with E-state index in [0.29, 0.717) is 36.5 Å². The Morgan fingerprint density at radius 1 is 1.06 bits per heavy atom. The highest BCUT2D eigenvalue weighted by Gasteiger charge is 2.20. The van der Waals surface area contributed by atoms with Crippen LogP contribution in [0.3, 0.4) is 0 Å². The predicted octanol–water partition coefficient (Wildman–Crippen LogP) is 2.26. The summed E-state index contributed by atoms with van der Waals surface area (Å²) in [5.41, 5.74) is 2.90. The molecular formula is C25H26N8O2. The van der Waals surface area contributed by atoms with Gasteiger partial charge in [-0.2, -0.15) is 0 Å². The van der Waals surface area contributed by atoms with Gasteiger partial charge in [0.2, 0.25) is 0 Å². The first-order chi connectivity index (χ1) is 17.1. The monoisotopic (exact) mass is 470 g/mol. The predicted molar refractivity (Wildman–Crippen MR) is 131 cm³/mol. The van der Waals surface area contributed by atoms with Crippen molar-refractivity contribution in [1.29, 1.82) is 0 Å². The molecule has 178 valence electrons. The molecule has 10 heteroatoms. The molecule has 0 aliphatic carbocycles. The molecule has 0 amide bonds. The summed E-state index contributed by atoms with van der Waals surface area (Å²) in [4.78, 5) is 41.6. The van der Waals surface area contributed by atoms with E-state index in [4.69, 9.17) is 9.97 Å². The van der Waals surface area contributed by atoms with Crippen LogP contribution in [0.2, 0.25) is 0 Å². The molecule has 0 atom stereocenters. The van der Waals surface area contributed by atoms with E-state index in [0.717, 1.165) is 48.6 Å². The Bertz CT molecular complexity index is 1590. The minimum Gasteiger partial charge on any atom is -0.335 e. The zero-order valence-corrected chi connectivity index (χ0v) is 19.5. The zero-order chi connectivity index (χ0) is 23.9. The molecule has 35 heavy (non-hydrogen) atoms. The number of nitrogens with one attached hydrogen (secondary N) is 1. The summed E-state index contributed by atoms with van der Waals surface area (Å²) in [6.45, 7) is 3.72. The van der Waals surface area contributed by atoms with Gasteiger partial charge in [0, 0.05) is 56.8 Å². The normalized spacial score (nSPS) is 13.4. The Hall–Kier alpha value is -4.21. The van der Waals surface area contributed by atoms with Gasteiger partial charge in [-0.15, -0.1) is 0 Å². The summed E-state index contributed by atoms with van der Waals surface area (Å²) >= 11 is 0.